The van der Waals surface area contributed by atoms with Crippen molar-refractivity contribution in [2.75, 3.05) is 20.6 Å². The van der Waals surface area contributed by atoms with E-state index in [0.29, 0.717) is 6.54 Å². The van der Waals surface area contributed by atoms with Gasteiger partial charge < -0.3 is 0 Å². The molecule has 1 rings (SSSR count). The Hall–Kier alpha value is -0.670. The molecule has 5 nitrogen and oxygen atoms in total. The minimum Gasteiger partial charge on any atom is -0.274 e. The number of carbonyl (C=O) groups excluding carboxylic acids is 2. The van der Waals surface area contributed by atoms with Crippen LogP contribution in [0.4, 0.5) is 4.79 Å². The topological polar surface area (TPSA) is 52.7 Å². The first-order valence-corrected chi connectivity index (χ1v) is 4.74. The molecule has 74 valence electrons. The summed E-state index contributed by atoms with van der Waals surface area (Å²) in [6.07, 6.45) is 0.727. The van der Waals surface area contributed by atoms with Crippen LogP contribution in [0.2, 0.25) is 0 Å². The summed E-state index contributed by atoms with van der Waals surface area (Å²) in [5, 5.41) is 1.52. The van der Waals surface area contributed by atoms with Crippen LogP contribution >= 0.6 is 9.24 Å². The van der Waals surface area contributed by atoms with Crippen molar-refractivity contribution >= 4 is 21.2 Å². The van der Waals surface area contributed by atoms with Crippen LogP contribution in [-0.4, -0.2) is 48.1 Å². The van der Waals surface area contributed by atoms with Gasteiger partial charge in [-0.1, -0.05) is 0 Å². The largest absolute Gasteiger partial charge is 0.338 e. The Kier molecular flexibility index (Phi) is 3.22. The van der Waals surface area contributed by atoms with Gasteiger partial charge in [-0.2, -0.15) is 0 Å². The molecule has 1 saturated heterocycles. The van der Waals surface area contributed by atoms with E-state index >= 15 is 0 Å². The molecule has 2 atom stereocenters. The molecule has 2 unspecified atom stereocenters. The molecule has 1 N–H and O–H groups in total. The van der Waals surface area contributed by atoms with E-state index in [1.54, 1.807) is 14.1 Å². The molecule has 6 heteroatoms. The van der Waals surface area contributed by atoms with Crippen LogP contribution in [0.5, 0.6) is 0 Å². The quantitative estimate of drug-likeness (QED) is 0.468. The van der Waals surface area contributed by atoms with Crippen LogP contribution in [0.3, 0.4) is 0 Å². The lowest BCUT2D eigenvalue weighted by Crippen LogP contribution is -2.47. The Morgan fingerprint density at radius 3 is 2.69 bits per heavy atom. The molecule has 0 spiro atoms. The number of nitrogens with zero attached hydrogens (tertiary/aromatic N) is 2. The standard InChI is InChI=1S/C7H14N3O2P/c1-9(2)8-7(12)10-4-3-5(13)6(10)11/h5H,3-4,13H2,1-2H3,(H,8,12). The summed E-state index contributed by atoms with van der Waals surface area (Å²) in [5.41, 5.74) is 2.42. The molecule has 0 radical (unpaired) electrons. The maximum Gasteiger partial charge on any atom is 0.338 e. The van der Waals surface area contributed by atoms with Crippen LogP contribution < -0.4 is 5.43 Å². The predicted molar refractivity (Wildman–Crippen MR) is 52.0 cm³/mol. The molecule has 0 bridgehead atoms. The van der Waals surface area contributed by atoms with Gasteiger partial charge in [0.15, 0.2) is 0 Å². The third-order valence-corrected chi connectivity index (χ3v) is 2.43. The zero-order chi connectivity index (χ0) is 10.0. The summed E-state index contributed by atoms with van der Waals surface area (Å²) < 4.78 is 0. The summed E-state index contributed by atoms with van der Waals surface area (Å²) in [6.45, 7) is 0.507. The molecule has 0 aromatic heterocycles. The van der Waals surface area contributed by atoms with Gasteiger partial charge in [0, 0.05) is 20.6 Å². The van der Waals surface area contributed by atoms with Crippen LogP contribution in [0.15, 0.2) is 0 Å². The van der Waals surface area contributed by atoms with Crippen molar-refractivity contribution < 1.29 is 9.59 Å². The van der Waals surface area contributed by atoms with Crippen LogP contribution in [-0.2, 0) is 4.79 Å². The van der Waals surface area contributed by atoms with E-state index in [2.05, 4.69) is 14.7 Å². The number of hydrogen-bond acceptors (Lipinski definition) is 3. The molecular formula is C7H14N3O2P. The maximum absolute atomic E-state index is 11.4. The summed E-state index contributed by atoms with van der Waals surface area (Å²) >= 11 is 0. The molecule has 0 aromatic carbocycles. The SMILES string of the molecule is CN(C)NC(=O)N1CCC(P)C1=O. The smallest absolute Gasteiger partial charge is 0.274 e. The van der Waals surface area contributed by atoms with Crippen molar-refractivity contribution in [2.24, 2.45) is 0 Å². The molecular weight excluding hydrogens is 189 g/mol. The first kappa shape index (κ1) is 10.4. The third-order valence-electron chi connectivity index (χ3n) is 1.81. The van der Waals surface area contributed by atoms with Crippen molar-refractivity contribution in [1.82, 2.24) is 15.3 Å². The number of likely N-dealkylation sites (tertiary alicyclic amines) is 1. The number of hydrazine groups is 1. The van der Waals surface area contributed by atoms with Crippen molar-refractivity contribution in [3.05, 3.63) is 0 Å². The van der Waals surface area contributed by atoms with E-state index in [1.165, 1.54) is 9.91 Å². The van der Waals surface area contributed by atoms with Gasteiger partial charge in [0.05, 0.1) is 5.66 Å². The number of carbonyl (C=O) groups is 2. The van der Waals surface area contributed by atoms with Gasteiger partial charge in [-0.3, -0.25) is 15.1 Å². The molecule has 1 aliphatic heterocycles. The second-order valence-corrected chi connectivity index (χ2v) is 4.00. The van der Waals surface area contributed by atoms with Gasteiger partial charge in [0.2, 0.25) is 5.91 Å². The highest BCUT2D eigenvalue weighted by Gasteiger charge is 2.32. The van der Waals surface area contributed by atoms with Crippen molar-refractivity contribution in [1.29, 1.82) is 0 Å². The molecule has 0 aliphatic carbocycles. The third kappa shape index (κ3) is 2.39. The Morgan fingerprint density at radius 1 is 1.69 bits per heavy atom. The lowest BCUT2D eigenvalue weighted by molar-refractivity contribution is -0.124. The van der Waals surface area contributed by atoms with E-state index in [0.717, 1.165) is 6.42 Å². The molecule has 1 heterocycles. The van der Waals surface area contributed by atoms with Crippen LogP contribution in [0.25, 0.3) is 0 Å². The van der Waals surface area contributed by atoms with Gasteiger partial charge in [-0.05, 0) is 6.42 Å². The minimum absolute atomic E-state index is 0.104. The number of hydrogen-bond donors (Lipinski definition) is 1. The van der Waals surface area contributed by atoms with Crippen molar-refractivity contribution in [2.45, 2.75) is 12.1 Å². The van der Waals surface area contributed by atoms with Gasteiger partial charge >= 0.3 is 6.03 Å². The fourth-order valence-corrected chi connectivity index (χ4v) is 1.48. The Balaban J connectivity index is 2.53. The molecule has 0 saturated carbocycles. The maximum atomic E-state index is 11.4. The zero-order valence-corrected chi connectivity index (χ0v) is 8.93. The number of amides is 3. The summed E-state index contributed by atoms with van der Waals surface area (Å²) in [7, 11) is 5.85. The number of nitrogens with one attached hydrogen (secondary N) is 1. The van der Waals surface area contributed by atoms with Crippen molar-refractivity contribution in [3.63, 3.8) is 0 Å². The van der Waals surface area contributed by atoms with Gasteiger partial charge in [0.25, 0.3) is 0 Å². The lowest BCUT2D eigenvalue weighted by atomic mass is 10.4. The average Bonchev–Trinajstić information content (AvgIpc) is 2.31. The Bertz CT molecular complexity index is 232. The summed E-state index contributed by atoms with van der Waals surface area (Å²) in [5.74, 6) is -0.121. The number of urea groups is 1. The molecule has 1 aliphatic rings. The van der Waals surface area contributed by atoms with Crippen LogP contribution in [0.1, 0.15) is 6.42 Å². The summed E-state index contributed by atoms with van der Waals surface area (Å²) in [6, 6.07) is -0.347. The molecule has 3 amide bonds. The van der Waals surface area contributed by atoms with Gasteiger partial charge in [-0.25, -0.2) is 9.80 Å². The fraction of sp³-hybridized carbons (Fsp3) is 0.714. The van der Waals surface area contributed by atoms with Gasteiger partial charge in [0.1, 0.15) is 0 Å². The Labute approximate surface area is 79.6 Å². The van der Waals surface area contributed by atoms with Crippen molar-refractivity contribution in [3.8, 4) is 0 Å². The normalized spacial score (nSPS) is 22.6. The molecule has 0 aromatic rings. The van der Waals surface area contributed by atoms with Crippen LogP contribution in [0, 0.1) is 0 Å². The number of imide groups is 1. The average molecular weight is 203 g/mol. The Morgan fingerprint density at radius 2 is 2.31 bits per heavy atom. The lowest BCUT2D eigenvalue weighted by Gasteiger charge is -2.18. The highest BCUT2D eigenvalue weighted by atomic mass is 31.0. The highest BCUT2D eigenvalue weighted by Crippen LogP contribution is 2.18. The second-order valence-electron chi connectivity index (χ2n) is 3.20. The first-order valence-electron chi connectivity index (χ1n) is 4.07. The fourth-order valence-electron chi connectivity index (χ4n) is 1.16. The number of rotatable bonds is 1. The monoisotopic (exact) mass is 203 g/mol. The van der Waals surface area contributed by atoms with E-state index < -0.39 is 0 Å². The predicted octanol–water partition coefficient (Wildman–Crippen LogP) is -0.351. The van der Waals surface area contributed by atoms with E-state index in [9.17, 15) is 9.59 Å². The second kappa shape index (κ2) is 4.03. The van der Waals surface area contributed by atoms with E-state index in [4.69, 9.17) is 0 Å². The highest BCUT2D eigenvalue weighted by molar-refractivity contribution is 7.19. The summed E-state index contributed by atoms with van der Waals surface area (Å²) in [4.78, 5) is 23.9. The minimum atomic E-state index is -0.347. The van der Waals surface area contributed by atoms with Gasteiger partial charge in [-0.15, -0.1) is 9.24 Å². The van der Waals surface area contributed by atoms with E-state index in [-0.39, 0.29) is 17.6 Å². The molecule has 13 heavy (non-hydrogen) atoms. The first-order chi connectivity index (χ1) is 6.02. The zero-order valence-electron chi connectivity index (χ0n) is 7.78. The van der Waals surface area contributed by atoms with E-state index in [1.807, 2.05) is 0 Å². The molecule has 1 fully saturated rings.